The fraction of sp³-hybridized carbons (Fsp3) is 0.500. The highest BCUT2D eigenvalue weighted by Crippen LogP contribution is 2.27. The van der Waals surface area contributed by atoms with Crippen molar-refractivity contribution in [3.05, 3.63) is 24.3 Å². The first-order valence-corrected chi connectivity index (χ1v) is 7.31. The van der Waals surface area contributed by atoms with E-state index in [0.717, 1.165) is 6.42 Å². The number of anilines is 1. The van der Waals surface area contributed by atoms with E-state index in [0.29, 0.717) is 17.9 Å². The number of carboxylic acids is 1. The third-order valence-corrected chi connectivity index (χ3v) is 3.80. The van der Waals surface area contributed by atoms with Crippen LogP contribution < -0.4 is 9.64 Å². The van der Waals surface area contributed by atoms with Crippen molar-refractivity contribution in [2.24, 2.45) is 5.92 Å². The van der Waals surface area contributed by atoms with Crippen LogP contribution >= 0.6 is 0 Å². The second-order valence-electron chi connectivity index (χ2n) is 5.41. The largest absolute Gasteiger partial charge is 0.491 e. The Bertz CT molecular complexity index is 529. The number of hydrogen-bond donors (Lipinski definition) is 1. The number of rotatable bonds is 5. The Kier molecular flexibility index (Phi) is 4.83. The Morgan fingerprint density at radius 2 is 2.29 bits per heavy atom. The van der Waals surface area contributed by atoms with E-state index in [1.54, 1.807) is 11.0 Å². The molecule has 1 N–H and O–H groups in total. The van der Waals surface area contributed by atoms with Gasteiger partial charge in [-0.1, -0.05) is 13.0 Å². The quantitative estimate of drug-likeness (QED) is 0.905. The highest BCUT2D eigenvalue weighted by Gasteiger charge is 2.31. The van der Waals surface area contributed by atoms with Crippen LogP contribution in [0.2, 0.25) is 0 Å². The molecule has 0 spiro atoms. The highest BCUT2D eigenvalue weighted by atomic mass is 16.5. The second kappa shape index (κ2) is 6.61. The fourth-order valence-corrected chi connectivity index (χ4v) is 2.34. The predicted molar refractivity (Wildman–Crippen MR) is 79.5 cm³/mol. The first kappa shape index (κ1) is 15.4. The van der Waals surface area contributed by atoms with E-state index in [1.165, 1.54) is 0 Å². The molecule has 0 aromatic heterocycles. The fourth-order valence-electron chi connectivity index (χ4n) is 2.34. The zero-order valence-corrected chi connectivity index (χ0v) is 12.4. The monoisotopic (exact) mass is 291 g/mol. The molecule has 0 bridgehead atoms. The molecule has 1 aromatic carbocycles. The maximum atomic E-state index is 12.0. The molecule has 1 aliphatic heterocycles. The minimum atomic E-state index is -0.848. The molecule has 0 aliphatic carbocycles. The lowest BCUT2D eigenvalue weighted by atomic mass is 9.97. The van der Waals surface area contributed by atoms with Crippen molar-refractivity contribution in [3.63, 3.8) is 0 Å². The lowest BCUT2D eigenvalue weighted by Crippen LogP contribution is -2.42. The molecule has 0 saturated carbocycles. The number of hydrogen-bond acceptors (Lipinski definition) is 3. The molecule has 1 aliphatic rings. The Morgan fingerprint density at radius 3 is 2.95 bits per heavy atom. The van der Waals surface area contributed by atoms with Gasteiger partial charge in [-0.3, -0.25) is 9.59 Å². The molecule has 2 unspecified atom stereocenters. The van der Waals surface area contributed by atoms with Crippen LogP contribution in [0.1, 0.15) is 33.1 Å². The van der Waals surface area contributed by atoms with Gasteiger partial charge in [-0.15, -0.1) is 0 Å². The lowest BCUT2D eigenvalue weighted by molar-refractivity contribution is -0.142. The molecule has 1 amide bonds. The van der Waals surface area contributed by atoms with Crippen LogP contribution in [0, 0.1) is 5.92 Å². The van der Waals surface area contributed by atoms with Crippen LogP contribution in [0.4, 0.5) is 5.69 Å². The summed E-state index contributed by atoms with van der Waals surface area (Å²) in [6, 6.07) is 7.28. The number of amides is 1. The van der Waals surface area contributed by atoms with Crippen molar-refractivity contribution < 1.29 is 19.4 Å². The highest BCUT2D eigenvalue weighted by molar-refractivity contribution is 5.95. The normalized spacial score (nSPS) is 20.2. The number of carbonyl (C=O) groups excluding carboxylic acids is 1. The van der Waals surface area contributed by atoms with Crippen LogP contribution in [-0.2, 0) is 9.59 Å². The Morgan fingerprint density at radius 1 is 1.52 bits per heavy atom. The van der Waals surface area contributed by atoms with Crippen molar-refractivity contribution in [3.8, 4) is 5.75 Å². The van der Waals surface area contributed by atoms with Gasteiger partial charge in [-0.05, 0) is 31.9 Å². The zero-order chi connectivity index (χ0) is 15.4. The van der Waals surface area contributed by atoms with Crippen molar-refractivity contribution in [1.29, 1.82) is 0 Å². The summed E-state index contributed by atoms with van der Waals surface area (Å²) in [5.41, 5.74) is 0.701. The molecular formula is C16H21NO4. The maximum absolute atomic E-state index is 12.0. The Balaban J connectivity index is 2.17. The van der Waals surface area contributed by atoms with Crippen molar-refractivity contribution in [1.82, 2.24) is 0 Å². The number of piperidine rings is 1. The second-order valence-corrected chi connectivity index (χ2v) is 5.41. The van der Waals surface area contributed by atoms with E-state index in [1.807, 2.05) is 32.0 Å². The minimum absolute atomic E-state index is 0.0341. The lowest BCUT2D eigenvalue weighted by Gasteiger charge is -2.31. The summed E-state index contributed by atoms with van der Waals surface area (Å²) in [6.45, 7) is 4.25. The van der Waals surface area contributed by atoms with Crippen molar-refractivity contribution >= 4 is 17.6 Å². The van der Waals surface area contributed by atoms with Gasteiger partial charge in [-0.25, -0.2) is 0 Å². The Hall–Kier alpha value is -2.04. The van der Waals surface area contributed by atoms with Gasteiger partial charge >= 0.3 is 5.97 Å². The van der Waals surface area contributed by atoms with Gasteiger partial charge in [0.25, 0.3) is 0 Å². The minimum Gasteiger partial charge on any atom is -0.491 e. The Labute approximate surface area is 124 Å². The molecule has 21 heavy (non-hydrogen) atoms. The number of benzene rings is 1. The maximum Gasteiger partial charge on any atom is 0.308 e. The van der Waals surface area contributed by atoms with Gasteiger partial charge in [0.1, 0.15) is 5.75 Å². The molecule has 5 heteroatoms. The SMILES string of the molecule is CCC(C)Oc1cccc(N2CC(C(=O)O)CCC2=O)c1. The van der Waals surface area contributed by atoms with Crippen LogP contribution in [0.3, 0.4) is 0 Å². The van der Waals surface area contributed by atoms with Crippen molar-refractivity contribution in [2.75, 3.05) is 11.4 Å². The zero-order valence-electron chi connectivity index (χ0n) is 12.4. The third-order valence-electron chi connectivity index (χ3n) is 3.80. The summed E-state index contributed by atoms with van der Waals surface area (Å²) in [4.78, 5) is 24.7. The predicted octanol–water partition coefficient (Wildman–Crippen LogP) is 2.69. The summed E-state index contributed by atoms with van der Waals surface area (Å²) in [6.07, 6.45) is 1.68. The average Bonchev–Trinajstić information content (AvgIpc) is 2.47. The van der Waals surface area contributed by atoms with E-state index in [4.69, 9.17) is 9.84 Å². The molecule has 1 fully saturated rings. The standard InChI is InChI=1S/C16H21NO4/c1-3-11(2)21-14-6-4-5-13(9-14)17-10-12(16(19)20)7-8-15(17)18/h4-6,9,11-12H,3,7-8,10H2,1-2H3,(H,19,20). The average molecular weight is 291 g/mol. The molecule has 1 heterocycles. The van der Waals surface area contributed by atoms with Gasteiger partial charge in [0.05, 0.1) is 12.0 Å². The molecule has 2 rings (SSSR count). The van der Waals surface area contributed by atoms with E-state index in [-0.39, 0.29) is 25.0 Å². The first-order valence-electron chi connectivity index (χ1n) is 7.31. The van der Waals surface area contributed by atoms with Crippen LogP contribution in [0.25, 0.3) is 0 Å². The molecular weight excluding hydrogens is 270 g/mol. The molecule has 2 atom stereocenters. The summed E-state index contributed by atoms with van der Waals surface area (Å²) >= 11 is 0. The van der Waals surface area contributed by atoms with Gasteiger partial charge in [0.2, 0.25) is 5.91 Å². The van der Waals surface area contributed by atoms with Gasteiger partial charge in [0, 0.05) is 24.7 Å². The molecule has 114 valence electrons. The molecule has 1 aromatic rings. The van der Waals surface area contributed by atoms with E-state index >= 15 is 0 Å². The number of nitrogens with zero attached hydrogens (tertiary/aromatic N) is 1. The third kappa shape index (κ3) is 3.74. The van der Waals surface area contributed by atoms with Crippen LogP contribution in [0.5, 0.6) is 5.75 Å². The number of ether oxygens (including phenoxy) is 1. The summed E-state index contributed by atoms with van der Waals surface area (Å²) in [7, 11) is 0. The van der Waals surface area contributed by atoms with Crippen molar-refractivity contribution in [2.45, 2.75) is 39.2 Å². The molecule has 0 radical (unpaired) electrons. The smallest absolute Gasteiger partial charge is 0.308 e. The number of carbonyl (C=O) groups is 2. The van der Waals surface area contributed by atoms with E-state index in [2.05, 4.69) is 0 Å². The summed E-state index contributed by atoms with van der Waals surface area (Å²) in [5, 5.41) is 9.13. The van der Waals surface area contributed by atoms with Gasteiger partial charge in [-0.2, -0.15) is 0 Å². The van der Waals surface area contributed by atoms with Gasteiger partial charge < -0.3 is 14.7 Å². The van der Waals surface area contributed by atoms with Gasteiger partial charge in [0.15, 0.2) is 0 Å². The number of aliphatic carboxylic acids is 1. The number of carboxylic acid groups (broad SMARTS) is 1. The molecule has 1 saturated heterocycles. The van der Waals surface area contributed by atoms with Crippen LogP contribution in [-0.4, -0.2) is 29.6 Å². The van der Waals surface area contributed by atoms with E-state index in [9.17, 15) is 9.59 Å². The van der Waals surface area contributed by atoms with Crippen LogP contribution in [0.15, 0.2) is 24.3 Å². The summed E-state index contributed by atoms with van der Waals surface area (Å²) in [5.74, 6) is -0.679. The molecule has 5 nitrogen and oxygen atoms in total. The van der Waals surface area contributed by atoms with E-state index < -0.39 is 11.9 Å². The first-order chi connectivity index (χ1) is 10.0. The topological polar surface area (TPSA) is 66.8 Å². The summed E-state index contributed by atoms with van der Waals surface area (Å²) < 4.78 is 5.75.